The molecule has 4 rings (SSSR count). The van der Waals surface area contributed by atoms with E-state index in [9.17, 15) is 18.8 Å². The summed E-state index contributed by atoms with van der Waals surface area (Å²) >= 11 is 0. The Labute approximate surface area is 157 Å². The molecular formula is C20H25FN3O3+. The molecule has 0 saturated carbocycles. The van der Waals surface area contributed by atoms with Crippen LogP contribution in [0, 0.1) is 23.6 Å². The first kappa shape index (κ1) is 18.1. The number of carbonyl (C=O) groups excluding carboxylic acids is 3. The fourth-order valence-corrected chi connectivity index (χ4v) is 5.13. The van der Waals surface area contributed by atoms with Crippen LogP contribution in [0.3, 0.4) is 0 Å². The van der Waals surface area contributed by atoms with Crippen molar-refractivity contribution in [2.45, 2.75) is 51.7 Å². The van der Waals surface area contributed by atoms with Crippen LogP contribution in [0.25, 0.3) is 0 Å². The molecule has 144 valence electrons. The molecule has 0 aromatic heterocycles. The summed E-state index contributed by atoms with van der Waals surface area (Å²) < 4.78 is 14.0. The van der Waals surface area contributed by atoms with Crippen molar-refractivity contribution in [3.8, 4) is 0 Å². The van der Waals surface area contributed by atoms with E-state index >= 15 is 0 Å². The zero-order valence-corrected chi connectivity index (χ0v) is 16.2. The molecule has 2 fully saturated rings. The van der Waals surface area contributed by atoms with E-state index in [2.05, 4.69) is 5.32 Å². The summed E-state index contributed by atoms with van der Waals surface area (Å²) in [6, 6.07) is 3.89. The largest absolute Gasteiger partial charge is 0.326 e. The molecule has 0 aliphatic carbocycles. The topological polar surface area (TPSA) is 83.1 Å². The Kier molecular flexibility index (Phi) is 3.60. The van der Waals surface area contributed by atoms with E-state index in [1.165, 1.54) is 23.1 Å². The number of benzene rings is 1. The monoisotopic (exact) mass is 374 g/mol. The van der Waals surface area contributed by atoms with Gasteiger partial charge in [-0.2, -0.15) is 0 Å². The lowest BCUT2D eigenvalue weighted by Crippen LogP contribution is -2.99. The fourth-order valence-electron chi connectivity index (χ4n) is 5.13. The molecule has 3 aliphatic rings. The highest BCUT2D eigenvalue weighted by molar-refractivity contribution is 6.14. The Morgan fingerprint density at radius 1 is 1.19 bits per heavy atom. The van der Waals surface area contributed by atoms with Crippen molar-refractivity contribution in [2.24, 2.45) is 17.8 Å². The number of nitrogens with two attached hydrogens (primary N) is 1. The molecule has 27 heavy (non-hydrogen) atoms. The predicted molar refractivity (Wildman–Crippen MR) is 95.8 cm³/mol. The molecule has 0 bridgehead atoms. The number of carbonyl (C=O) groups is 3. The lowest BCUT2D eigenvalue weighted by molar-refractivity contribution is -0.738. The molecule has 7 heteroatoms. The molecule has 0 unspecified atom stereocenters. The summed E-state index contributed by atoms with van der Waals surface area (Å²) in [5.74, 6) is -2.76. The van der Waals surface area contributed by atoms with Crippen molar-refractivity contribution < 1.29 is 24.1 Å². The van der Waals surface area contributed by atoms with Gasteiger partial charge in [-0.25, -0.2) is 4.39 Å². The molecule has 4 atom stereocenters. The molecule has 3 amide bonds. The first-order chi connectivity index (χ1) is 12.5. The molecule has 3 N–H and O–H groups in total. The van der Waals surface area contributed by atoms with Crippen molar-refractivity contribution in [1.29, 1.82) is 0 Å². The van der Waals surface area contributed by atoms with Gasteiger partial charge >= 0.3 is 0 Å². The van der Waals surface area contributed by atoms with Gasteiger partial charge < -0.3 is 10.6 Å². The molecular weight excluding hydrogens is 349 g/mol. The highest BCUT2D eigenvalue weighted by atomic mass is 19.1. The van der Waals surface area contributed by atoms with Gasteiger partial charge in [-0.05, 0) is 39.0 Å². The Bertz CT molecular complexity index is 876. The summed E-state index contributed by atoms with van der Waals surface area (Å²) in [7, 11) is 0. The van der Waals surface area contributed by atoms with Crippen LogP contribution in [0.5, 0.6) is 0 Å². The molecule has 1 spiro atoms. The Morgan fingerprint density at radius 2 is 1.85 bits per heavy atom. The number of nitrogens with zero attached hydrogens (tertiary/aromatic N) is 1. The molecule has 1 aromatic carbocycles. The fraction of sp³-hybridized carbons (Fsp3) is 0.550. The van der Waals surface area contributed by atoms with Crippen molar-refractivity contribution in [3.63, 3.8) is 0 Å². The van der Waals surface area contributed by atoms with Gasteiger partial charge in [0.1, 0.15) is 23.7 Å². The highest BCUT2D eigenvalue weighted by Gasteiger charge is 2.75. The maximum absolute atomic E-state index is 14.0. The second-order valence-corrected chi connectivity index (χ2v) is 9.19. The van der Waals surface area contributed by atoms with Crippen molar-refractivity contribution in [1.82, 2.24) is 4.90 Å². The van der Waals surface area contributed by atoms with Crippen LogP contribution in [0.2, 0.25) is 0 Å². The van der Waals surface area contributed by atoms with E-state index in [-0.39, 0.29) is 29.7 Å². The second-order valence-electron chi connectivity index (χ2n) is 9.19. The van der Waals surface area contributed by atoms with Crippen LogP contribution in [0.15, 0.2) is 18.2 Å². The average Bonchev–Trinajstić information content (AvgIpc) is 3.13. The van der Waals surface area contributed by atoms with E-state index < -0.39 is 28.7 Å². The number of hydrogen-bond acceptors (Lipinski definition) is 3. The summed E-state index contributed by atoms with van der Waals surface area (Å²) in [5, 5.41) is 4.64. The Balaban J connectivity index is 1.95. The quantitative estimate of drug-likeness (QED) is 0.719. The number of quaternary nitrogens is 1. The zero-order chi connectivity index (χ0) is 19.9. The van der Waals surface area contributed by atoms with Crippen LogP contribution in [0.4, 0.5) is 10.1 Å². The third-order valence-corrected chi connectivity index (χ3v) is 6.20. The summed E-state index contributed by atoms with van der Waals surface area (Å²) in [4.78, 5) is 41.1. The van der Waals surface area contributed by atoms with Crippen molar-refractivity contribution in [2.75, 3.05) is 5.32 Å². The third kappa shape index (κ3) is 2.18. The Morgan fingerprint density at radius 3 is 2.44 bits per heavy atom. The molecule has 6 nitrogen and oxygen atoms in total. The van der Waals surface area contributed by atoms with Gasteiger partial charge in [0.25, 0.3) is 5.91 Å². The van der Waals surface area contributed by atoms with Gasteiger partial charge in [-0.15, -0.1) is 0 Å². The molecule has 2 saturated heterocycles. The van der Waals surface area contributed by atoms with Crippen LogP contribution < -0.4 is 10.6 Å². The minimum atomic E-state index is -1.30. The third-order valence-electron chi connectivity index (χ3n) is 6.20. The minimum Gasteiger partial charge on any atom is -0.326 e. The van der Waals surface area contributed by atoms with Gasteiger partial charge in [-0.1, -0.05) is 13.8 Å². The van der Waals surface area contributed by atoms with Crippen molar-refractivity contribution >= 4 is 23.4 Å². The zero-order valence-electron chi connectivity index (χ0n) is 16.2. The van der Waals surface area contributed by atoms with Gasteiger partial charge in [0.2, 0.25) is 17.4 Å². The lowest BCUT2D eigenvalue weighted by Gasteiger charge is -2.33. The van der Waals surface area contributed by atoms with E-state index in [1.54, 1.807) is 0 Å². The molecule has 3 aliphatic heterocycles. The normalized spacial score (nSPS) is 32.5. The van der Waals surface area contributed by atoms with Gasteiger partial charge in [0, 0.05) is 17.0 Å². The van der Waals surface area contributed by atoms with E-state index in [0.29, 0.717) is 11.3 Å². The highest BCUT2D eigenvalue weighted by Crippen LogP contribution is 2.51. The number of fused-ring (bicyclic) bond motifs is 4. The minimum absolute atomic E-state index is 0.0685. The standard InChI is InChI=1S/C20H24FN3O3/c1-9(2)15-13-14(17(26)24(16(13)25)19(3,4)5)20(23-15)11-8-10(21)6-7-12(11)22-18(20)27/h6-9,13-15,23H,1-5H3,(H,22,27)/p+1/t13-,14-,15+,20-/m0/s1. The summed E-state index contributed by atoms with van der Waals surface area (Å²) in [6.45, 7) is 9.40. The Hall–Kier alpha value is -2.28. The van der Waals surface area contributed by atoms with Gasteiger partial charge in [-0.3, -0.25) is 19.3 Å². The molecule has 1 aromatic rings. The predicted octanol–water partition coefficient (Wildman–Crippen LogP) is 0.974. The number of rotatable bonds is 1. The van der Waals surface area contributed by atoms with Crippen LogP contribution >= 0.6 is 0 Å². The van der Waals surface area contributed by atoms with Crippen LogP contribution in [0.1, 0.15) is 40.2 Å². The maximum Gasteiger partial charge on any atom is 0.291 e. The van der Waals surface area contributed by atoms with Gasteiger partial charge in [0.05, 0.1) is 5.69 Å². The van der Waals surface area contributed by atoms with E-state index in [4.69, 9.17) is 0 Å². The lowest BCUT2D eigenvalue weighted by atomic mass is 9.75. The summed E-state index contributed by atoms with van der Waals surface area (Å²) in [6.07, 6.45) is 0. The summed E-state index contributed by atoms with van der Waals surface area (Å²) in [5.41, 5.74) is -1.01. The molecule has 0 radical (unpaired) electrons. The number of amides is 3. The smallest absolute Gasteiger partial charge is 0.291 e. The average molecular weight is 374 g/mol. The van der Waals surface area contributed by atoms with Crippen LogP contribution in [-0.2, 0) is 19.9 Å². The number of halogens is 1. The first-order valence-corrected chi connectivity index (χ1v) is 9.35. The SMILES string of the molecule is CC(C)[C@H]1[NH2+][C@]2(C(=O)Nc3ccc(F)cc32)[C@@H]2C(=O)N(C(C)(C)C)C(=O)[C@H]12. The van der Waals surface area contributed by atoms with Crippen LogP contribution in [-0.4, -0.2) is 34.2 Å². The number of hydrogen-bond donors (Lipinski definition) is 2. The second kappa shape index (κ2) is 5.38. The van der Waals surface area contributed by atoms with Crippen molar-refractivity contribution in [3.05, 3.63) is 29.6 Å². The van der Waals surface area contributed by atoms with E-state index in [1.807, 2.05) is 39.9 Å². The van der Waals surface area contributed by atoms with Gasteiger partial charge in [0.15, 0.2) is 0 Å². The number of nitrogens with one attached hydrogen (secondary N) is 1. The first-order valence-electron chi connectivity index (χ1n) is 9.35. The van der Waals surface area contributed by atoms with E-state index in [0.717, 1.165) is 0 Å². The number of imide groups is 1. The maximum atomic E-state index is 14.0. The number of likely N-dealkylation sites (tertiary alicyclic amines) is 1. The number of anilines is 1. The molecule has 3 heterocycles.